The van der Waals surface area contributed by atoms with Crippen LogP contribution in [0.5, 0.6) is 17.2 Å². The number of hydrogen-bond donors (Lipinski definition) is 2. The molecule has 1 aliphatic heterocycles. The molecule has 25 heavy (non-hydrogen) atoms. The fourth-order valence-electron chi connectivity index (χ4n) is 2.80. The second-order valence-electron chi connectivity index (χ2n) is 5.81. The molecular formula is C17H28ClN3O4. The van der Waals surface area contributed by atoms with Crippen LogP contribution in [0.4, 0.5) is 0 Å². The number of rotatable bonds is 7. The van der Waals surface area contributed by atoms with Crippen LogP contribution in [-0.2, 0) is 11.3 Å². The van der Waals surface area contributed by atoms with E-state index in [-0.39, 0.29) is 18.3 Å². The van der Waals surface area contributed by atoms with Crippen LogP contribution in [0, 0.1) is 0 Å². The van der Waals surface area contributed by atoms with Gasteiger partial charge in [0.1, 0.15) is 17.2 Å². The molecule has 0 aromatic heterocycles. The highest BCUT2D eigenvalue weighted by Gasteiger charge is 2.21. The van der Waals surface area contributed by atoms with E-state index in [2.05, 4.69) is 22.5 Å². The maximum Gasteiger partial charge on any atom is 0.234 e. The fraction of sp³-hybridized carbons (Fsp3) is 0.588. The minimum atomic E-state index is -0.0105. The third-order valence-electron chi connectivity index (χ3n) is 4.27. The van der Waals surface area contributed by atoms with Crippen molar-refractivity contribution in [3.05, 3.63) is 17.7 Å². The molecule has 1 heterocycles. The number of carbonyl (C=O) groups is 1. The van der Waals surface area contributed by atoms with Crippen LogP contribution in [0.2, 0.25) is 0 Å². The lowest BCUT2D eigenvalue weighted by Gasteiger charge is -2.33. The van der Waals surface area contributed by atoms with Crippen LogP contribution in [0.25, 0.3) is 0 Å². The predicted molar refractivity (Wildman–Crippen MR) is 99.1 cm³/mol. The van der Waals surface area contributed by atoms with Crippen molar-refractivity contribution in [3.8, 4) is 17.2 Å². The summed E-state index contributed by atoms with van der Waals surface area (Å²) >= 11 is 0. The molecule has 0 saturated carbocycles. The SMILES string of the molecule is COc1cc(OC)c(CNC(=O)CN2CCNC[C@H]2C)c(OC)c1.Cl. The maximum absolute atomic E-state index is 12.3. The lowest BCUT2D eigenvalue weighted by atomic mass is 10.1. The van der Waals surface area contributed by atoms with Crippen LogP contribution in [-0.4, -0.2) is 64.4 Å². The Morgan fingerprint density at radius 1 is 1.24 bits per heavy atom. The van der Waals surface area contributed by atoms with Crippen LogP contribution in [0.3, 0.4) is 0 Å². The van der Waals surface area contributed by atoms with Crippen molar-refractivity contribution < 1.29 is 19.0 Å². The summed E-state index contributed by atoms with van der Waals surface area (Å²) in [5.74, 6) is 1.89. The molecule has 1 fully saturated rings. The first-order chi connectivity index (χ1) is 11.6. The first kappa shape index (κ1) is 21.3. The molecule has 7 nitrogen and oxygen atoms in total. The Morgan fingerprint density at radius 2 is 1.88 bits per heavy atom. The zero-order valence-electron chi connectivity index (χ0n) is 15.3. The standard InChI is InChI=1S/C17H27N3O4.ClH/c1-12-9-18-5-6-20(12)11-17(21)19-10-14-15(23-3)7-13(22-2)8-16(14)24-4;/h7-8,12,18H,5-6,9-11H2,1-4H3,(H,19,21);1H/t12-;/m1./s1. The van der Waals surface area contributed by atoms with Gasteiger partial charge in [-0.2, -0.15) is 0 Å². The highest BCUT2D eigenvalue weighted by Crippen LogP contribution is 2.33. The summed E-state index contributed by atoms with van der Waals surface area (Å²) in [6, 6.07) is 3.92. The van der Waals surface area contributed by atoms with Gasteiger partial charge >= 0.3 is 0 Å². The molecule has 2 N–H and O–H groups in total. The molecule has 8 heteroatoms. The number of amides is 1. The Labute approximate surface area is 155 Å². The molecule has 0 radical (unpaired) electrons. The van der Waals surface area contributed by atoms with E-state index < -0.39 is 0 Å². The maximum atomic E-state index is 12.3. The van der Waals surface area contributed by atoms with Crippen LogP contribution >= 0.6 is 12.4 Å². The van der Waals surface area contributed by atoms with E-state index in [4.69, 9.17) is 14.2 Å². The second-order valence-corrected chi connectivity index (χ2v) is 5.81. The Kier molecular flexibility index (Phi) is 8.82. The Morgan fingerprint density at radius 3 is 2.40 bits per heavy atom. The van der Waals surface area contributed by atoms with E-state index in [1.165, 1.54) is 0 Å². The van der Waals surface area contributed by atoms with Crippen molar-refractivity contribution in [3.63, 3.8) is 0 Å². The number of hydrogen-bond acceptors (Lipinski definition) is 6. The number of piperazine rings is 1. The molecule has 1 aromatic carbocycles. The summed E-state index contributed by atoms with van der Waals surface area (Å²) in [5.41, 5.74) is 0.794. The van der Waals surface area contributed by atoms with Gasteiger partial charge in [0.15, 0.2) is 0 Å². The molecule has 1 saturated heterocycles. The van der Waals surface area contributed by atoms with E-state index >= 15 is 0 Å². The average molecular weight is 374 g/mol. The summed E-state index contributed by atoms with van der Waals surface area (Å²) in [6.07, 6.45) is 0. The van der Waals surface area contributed by atoms with E-state index in [1.54, 1.807) is 33.5 Å². The van der Waals surface area contributed by atoms with Crippen molar-refractivity contribution in [1.29, 1.82) is 0 Å². The normalized spacial score (nSPS) is 17.4. The van der Waals surface area contributed by atoms with Gasteiger partial charge in [-0.15, -0.1) is 12.4 Å². The molecule has 1 aliphatic rings. The molecule has 0 bridgehead atoms. The average Bonchev–Trinajstić information content (AvgIpc) is 2.61. The third-order valence-corrected chi connectivity index (χ3v) is 4.27. The number of methoxy groups -OCH3 is 3. The van der Waals surface area contributed by atoms with E-state index in [1.807, 2.05) is 0 Å². The summed E-state index contributed by atoms with van der Waals surface area (Å²) < 4.78 is 16.0. The molecule has 142 valence electrons. The number of ether oxygens (including phenoxy) is 3. The zero-order valence-corrected chi connectivity index (χ0v) is 16.1. The minimum absolute atomic E-state index is 0. The molecule has 1 atom stereocenters. The van der Waals surface area contributed by atoms with E-state index in [9.17, 15) is 4.79 Å². The van der Waals surface area contributed by atoms with Gasteiger partial charge in [0.2, 0.25) is 5.91 Å². The lowest BCUT2D eigenvalue weighted by Crippen LogP contribution is -2.52. The Hall–Kier alpha value is -1.70. The third kappa shape index (κ3) is 5.66. The first-order valence-corrected chi connectivity index (χ1v) is 8.09. The van der Waals surface area contributed by atoms with Crippen molar-refractivity contribution in [1.82, 2.24) is 15.5 Å². The predicted octanol–water partition coefficient (Wildman–Crippen LogP) is 1.04. The highest BCUT2D eigenvalue weighted by atomic mass is 35.5. The van der Waals surface area contributed by atoms with Gasteiger partial charge in [0.05, 0.1) is 40.0 Å². The smallest absolute Gasteiger partial charge is 0.234 e. The van der Waals surface area contributed by atoms with Crippen LogP contribution in [0.15, 0.2) is 12.1 Å². The van der Waals surface area contributed by atoms with Gasteiger partial charge in [0.25, 0.3) is 0 Å². The Balaban J connectivity index is 0.00000312. The summed E-state index contributed by atoms with van der Waals surface area (Å²) in [7, 11) is 4.76. The molecule has 1 amide bonds. The topological polar surface area (TPSA) is 72.1 Å². The molecule has 0 unspecified atom stereocenters. The van der Waals surface area contributed by atoms with Crippen molar-refractivity contribution in [2.75, 3.05) is 47.5 Å². The molecular weight excluding hydrogens is 346 g/mol. The first-order valence-electron chi connectivity index (χ1n) is 8.09. The number of nitrogens with one attached hydrogen (secondary N) is 2. The summed E-state index contributed by atoms with van der Waals surface area (Å²) in [6.45, 7) is 5.56. The van der Waals surface area contributed by atoms with E-state index in [0.29, 0.717) is 36.4 Å². The quantitative estimate of drug-likeness (QED) is 0.744. The summed E-state index contributed by atoms with van der Waals surface area (Å²) in [4.78, 5) is 14.4. The number of benzene rings is 1. The number of nitrogens with zero attached hydrogens (tertiary/aromatic N) is 1. The largest absolute Gasteiger partial charge is 0.496 e. The minimum Gasteiger partial charge on any atom is -0.496 e. The monoisotopic (exact) mass is 373 g/mol. The zero-order chi connectivity index (χ0) is 17.5. The molecule has 0 aliphatic carbocycles. The fourth-order valence-corrected chi connectivity index (χ4v) is 2.80. The van der Waals surface area contributed by atoms with Crippen LogP contribution in [0.1, 0.15) is 12.5 Å². The lowest BCUT2D eigenvalue weighted by molar-refractivity contribution is -0.123. The van der Waals surface area contributed by atoms with Crippen molar-refractivity contribution in [2.45, 2.75) is 19.5 Å². The molecule has 2 rings (SSSR count). The van der Waals surface area contributed by atoms with Crippen LogP contribution < -0.4 is 24.8 Å². The highest BCUT2D eigenvalue weighted by molar-refractivity contribution is 5.85. The Bertz CT molecular complexity index is 546. The van der Waals surface area contributed by atoms with Crippen molar-refractivity contribution in [2.24, 2.45) is 0 Å². The van der Waals surface area contributed by atoms with Gasteiger partial charge in [0, 0.05) is 37.8 Å². The number of carbonyl (C=O) groups excluding carboxylic acids is 1. The van der Waals surface area contributed by atoms with Gasteiger partial charge in [-0.1, -0.05) is 0 Å². The molecule has 1 aromatic rings. The van der Waals surface area contributed by atoms with Gasteiger partial charge in [-0.05, 0) is 6.92 Å². The van der Waals surface area contributed by atoms with Crippen molar-refractivity contribution >= 4 is 18.3 Å². The molecule has 0 spiro atoms. The number of halogens is 1. The van der Waals surface area contributed by atoms with Gasteiger partial charge in [-0.25, -0.2) is 0 Å². The van der Waals surface area contributed by atoms with Gasteiger partial charge < -0.3 is 24.8 Å². The second kappa shape index (κ2) is 10.3. The van der Waals surface area contributed by atoms with Gasteiger partial charge in [-0.3, -0.25) is 9.69 Å². The van der Waals surface area contributed by atoms with E-state index in [0.717, 1.165) is 25.2 Å². The summed E-state index contributed by atoms with van der Waals surface area (Å²) in [5, 5.41) is 6.27.